The zero-order valence-corrected chi connectivity index (χ0v) is 60.1. The molecule has 0 fully saturated rings. The van der Waals surface area contributed by atoms with E-state index in [4.69, 9.17) is 30.0 Å². The van der Waals surface area contributed by atoms with E-state index in [2.05, 4.69) is 20.8 Å². The molecule has 0 aliphatic carbocycles. The van der Waals surface area contributed by atoms with Gasteiger partial charge in [-0.25, -0.2) is 0 Å². The molecule has 0 aromatic carbocycles. The number of aliphatic hydroxyl groups is 3. The van der Waals surface area contributed by atoms with Crippen LogP contribution in [-0.2, 0) is 0 Å². The van der Waals surface area contributed by atoms with Crippen LogP contribution in [0.5, 0.6) is 0 Å². The summed E-state index contributed by atoms with van der Waals surface area (Å²) in [6, 6.07) is 0. The van der Waals surface area contributed by atoms with Gasteiger partial charge in [-0.2, -0.15) is 0 Å². The van der Waals surface area contributed by atoms with E-state index in [1.807, 2.05) is 0 Å². The molecule has 0 aromatic rings. The molecule has 6 nitrogen and oxygen atoms in total. The summed E-state index contributed by atoms with van der Waals surface area (Å²) in [6.45, 7) is 8.02. The minimum Gasteiger partial charge on any atom is -0.396 e. The molecule has 0 aliphatic heterocycles. The monoisotopic (exact) mass is 1230 g/mol. The van der Waals surface area contributed by atoms with Gasteiger partial charge >= 0.3 is 8.60 Å². The summed E-state index contributed by atoms with van der Waals surface area (Å²) in [6.07, 6.45) is 102. The van der Waals surface area contributed by atoms with E-state index in [1.54, 1.807) is 0 Å². The Morgan fingerprint density at radius 3 is 0.247 bits per heavy atom. The van der Waals surface area contributed by atoms with Gasteiger partial charge in [-0.1, -0.05) is 464 Å². The average molecular weight is 1230 g/mol. The summed E-state index contributed by atoms with van der Waals surface area (Å²) < 4.78 is 0. The SMILES string of the molecule is CCCCCCCCCCCCCCCCCCCCCCCCCCO.CCCCCCCCCCCCCCCCCCCCCCCCCCO.CCCCCCCCCCCCCCCCCCCCCCCCCCO.OP(O)O. The topological polar surface area (TPSA) is 121 Å². The van der Waals surface area contributed by atoms with E-state index in [1.165, 1.54) is 443 Å². The van der Waals surface area contributed by atoms with E-state index in [0.29, 0.717) is 19.8 Å². The summed E-state index contributed by atoms with van der Waals surface area (Å²) in [7, 11) is -2.62. The summed E-state index contributed by atoms with van der Waals surface area (Å²) in [5.74, 6) is 0. The molecular formula is C78H165O6P. The first kappa shape index (κ1) is 91.6. The van der Waals surface area contributed by atoms with Crippen LogP contribution < -0.4 is 0 Å². The molecule has 0 heterocycles. The third-order valence-electron chi connectivity index (χ3n) is 18.0. The minimum absolute atomic E-state index is 0.374. The Balaban J connectivity index is -0.000000560. The van der Waals surface area contributed by atoms with Crippen LogP contribution >= 0.6 is 8.60 Å². The second-order valence-electron chi connectivity index (χ2n) is 26.8. The van der Waals surface area contributed by atoms with E-state index in [-0.39, 0.29) is 0 Å². The van der Waals surface area contributed by atoms with Crippen molar-refractivity contribution in [3.8, 4) is 0 Å². The highest BCUT2D eigenvalue weighted by atomic mass is 31.2. The second kappa shape index (κ2) is 95.3. The van der Waals surface area contributed by atoms with Crippen molar-refractivity contribution >= 4 is 8.60 Å². The minimum atomic E-state index is -2.62. The Morgan fingerprint density at radius 2 is 0.188 bits per heavy atom. The van der Waals surface area contributed by atoms with Crippen molar-refractivity contribution in [1.29, 1.82) is 0 Å². The predicted octanol–water partition coefficient (Wildman–Crippen LogP) is 27.3. The highest BCUT2D eigenvalue weighted by Crippen LogP contribution is 2.20. The molecule has 0 bridgehead atoms. The van der Waals surface area contributed by atoms with E-state index in [0.717, 1.165) is 19.3 Å². The molecule has 0 saturated carbocycles. The van der Waals surface area contributed by atoms with Crippen molar-refractivity contribution in [1.82, 2.24) is 0 Å². The van der Waals surface area contributed by atoms with Crippen molar-refractivity contribution in [3.05, 3.63) is 0 Å². The molecule has 7 heteroatoms. The molecule has 518 valence electrons. The lowest BCUT2D eigenvalue weighted by Gasteiger charge is -2.04. The first-order valence-electron chi connectivity index (χ1n) is 39.7. The maximum atomic E-state index is 8.74. The zero-order valence-electron chi connectivity index (χ0n) is 59.2. The summed E-state index contributed by atoms with van der Waals surface area (Å²) in [5, 5.41) is 26.2. The molecule has 0 radical (unpaired) electrons. The Kier molecular flexibility index (Phi) is 103. The standard InChI is InChI=1S/3C26H54O.H3O3P/c3*1-2-3-4-5-6-7-8-9-10-11-12-13-14-15-16-17-18-19-20-21-22-23-24-25-26-27;1-4(2)3/h3*27H,2-26H2,1H3;1-3H. The number of rotatable bonds is 72. The molecule has 0 saturated heterocycles. The molecule has 6 N–H and O–H groups in total. The third kappa shape index (κ3) is 109. The van der Waals surface area contributed by atoms with Crippen LogP contribution in [0.1, 0.15) is 483 Å². The van der Waals surface area contributed by atoms with Gasteiger partial charge in [0.2, 0.25) is 0 Å². The van der Waals surface area contributed by atoms with Crippen LogP contribution in [0.2, 0.25) is 0 Å². The molecule has 0 rings (SSSR count). The predicted molar refractivity (Wildman–Crippen MR) is 384 cm³/mol. The fraction of sp³-hybridized carbons (Fsp3) is 1.00. The van der Waals surface area contributed by atoms with Gasteiger partial charge in [0.1, 0.15) is 0 Å². The molecular weight excluding hydrogens is 1060 g/mol. The van der Waals surface area contributed by atoms with Gasteiger partial charge in [0.25, 0.3) is 0 Å². The van der Waals surface area contributed by atoms with Crippen LogP contribution in [0.4, 0.5) is 0 Å². The van der Waals surface area contributed by atoms with Gasteiger partial charge in [0, 0.05) is 19.8 Å². The maximum Gasteiger partial charge on any atom is 0.324 e. The summed E-state index contributed by atoms with van der Waals surface area (Å²) >= 11 is 0. The molecule has 0 aromatic heterocycles. The Bertz CT molecular complexity index is 824. The molecule has 0 atom stereocenters. The summed E-state index contributed by atoms with van der Waals surface area (Å²) in [5.41, 5.74) is 0. The van der Waals surface area contributed by atoms with Gasteiger partial charge in [0.05, 0.1) is 0 Å². The Morgan fingerprint density at radius 1 is 0.129 bits per heavy atom. The van der Waals surface area contributed by atoms with Gasteiger partial charge < -0.3 is 30.0 Å². The number of hydrogen-bond donors (Lipinski definition) is 6. The molecule has 0 spiro atoms. The van der Waals surface area contributed by atoms with Crippen molar-refractivity contribution in [2.45, 2.75) is 483 Å². The smallest absolute Gasteiger partial charge is 0.324 e. The summed E-state index contributed by atoms with van der Waals surface area (Å²) in [4.78, 5) is 21.7. The van der Waals surface area contributed by atoms with E-state index >= 15 is 0 Å². The fourth-order valence-corrected chi connectivity index (χ4v) is 12.2. The van der Waals surface area contributed by atoms with E-state index < -0.39 is 8.60 Å². The fourth-order valence-electron chi connectivity index (χ4n) is 12.2. The normalized spacial score (nSPS) is 11.2. The molecule has 0 unspecified atom stereocenters. The van der Waals surface area contributed by atoms with Crippen molar-refractivity contribution < 1.29 is 30.0 Å². The zero-order chi connectivity index (χ0) is 62.6. The van der Waals surface area contributed by atoms with Crippen molar-refractivity contribution in [2.75, 3.05) is 19.8 Å². The number of hydrogen-bond acceptors (Lipinski definition) is 6. The highest BCUT2D eigenvalue weighted by Gasteiger charge is 2.00. The second-order valence-corrected chi connectivity index (χ2v) is 27.4. The van der Waals surface area contributed by atoms with Gasteiger partial charge in [-0.05, 0) is 19.3 Å². The lowest BCUT2D eigenvalue weighted by molar-refractivity contribution is 0.282. The van der Waals surface area contributed by atoms with Gasteiger partial charge in [-0.15, -0.1) is 0 Å². The number of aliphatic hydroxyl groups excluding tert-OH is 3. The third-order valence-corrected chi connectivity index (χ3v) is 18.0. The van der Waals surface area contributed by atoms with Crippen LogP contribution in [0, 0.1) is 0 Å². The van der Waals surface area contributed by atoms with E-state index in [9.17, 15) is 0 Å². The van der Waals surface area contributed by atoms with Gasteiger partial charge in [-0.3, -0.25) is 0 Å². The lowest BCUT2D eigenvalue weighted by Crippen LogP contribution is -1.85. The Hall–Kier alpha value is 0.190. The van der Waals surface area contributed by atoms with Crippen LogP contribution in [0.3, 0.4) is 0 Å². The van der Waals surface area contributed by atoms with Crippen molar-refractivity contribution in [3.63, 3.8) is 0 Å². The van der Waals surface area contributed by atoms with Crippen LogP contribution in [-0.4, -0.2) is 49.8 Å². The first-order chi connectivity index (χ1) is 42.0. The van der Waals surface area contributed by atoms with Crippen molar-refractivity contribution in [2.24, 2.45) is 0 Å². The first-order valence-corrected chi connectivity index (χ1v) is 40.9. The average Bonchev–Trinajstić information content (AvgIpc) is 3.50. The highest BCUT2D eigenvalue weighted by molar-refractivity contribution is 7.38. The largest absolute Gasteiger partial charge is 0.396 e. The Labute approximate surface area is 538 Å². The molecule has 85 heavy (non-hydrogen) atoms. The van der Waals surface area contributed by atoms with Gasteiger partial charge in [0.15, 0.2) is 0 Å². The quantitative estimate of drug-likeness (QED) is 0.0267. The maximum absolute atomic E-state index is 8.74. The van der Waals surface area contributed by atoms with Crippen LogP contribution in [0.15, 0.2) is 0 Å². The number of unbranched alkanes of at least 4 members (excludes halogenated alkanes) is 69. The lowest BCUT2D eigenvalue weighted by atomic mass is 10.0. The molecule has 0 amide bonds. The van der Waals surface area contributed by atoms with Crippen LogP contribution in [0.25, 0.3) is 0 Å². The molecule has 0 aliphatic rings.